The third-order valence-corrected chi connectivity index (χ3v) is 5.15. The molecule has 3 N–H and O–H groups in total. The Balaban J connectivity index is 2.83. The predicted molar refractivity (Wildman–Crippen MR) is 82.8 cm³/mol. The van der Waals surface area contributed by atoms with Crippen LogP contribution in [-0.2, 0) is 27.1 Å². The third kappa shape index (κ3) is 4.80. The third-order valence-electron chi connectivity index (χ3n) is 3.38. The average molecular weight is 313 g/mol. The van der Waals surface area contributed by atoms with Crippen molar-refractivity contribution in [1.29, 1.82) is 0 Å². The second kappa shape index (κ2) is 7.53. The predicted octanol–water partition coefficient (Wildman–Crippen LogP) is 0.289. The Morgan fingerprint density at radius 3 is 2.43 bits per heavy atom. The van der Waals surface area contributed by atoms with Crippen molar-refractivity contribution in [3.05, 3.63) is 35.4 Å². The van der Waals surface area contributed by atoms with E-state index in [4.69, 9.17) is 5.73 Å². The minimum Gasteiger partial charge on any atom is -0.359 e. The molecular weight excluding hydrogens is 290 g/mol. The van der Waals surface area contributed by atoms with Gasteiger partial charge in [0.25, 0.3) is 0 Å². The van der Waals surface area contributed by atoms with E-state index in [-0.39, 0.29) is 18.2 Å². The number of nitrogens with two attached hydrogens (primary N) is 1. The Morgan fingerprint density at radius 1 is 1.33 bits per heavy atom. The lowest BCUT2D eigenvalue weighted by Crippen LogP contribution is -2.37. The van der Waals surface area contributed by atoms with Crippen LogP contribution in [0, 0.1) is 5.92 Å². The molecule has 0 saturated carbocycles. The highest BCUT2D eigenvalue weighted by Crippen LogP contribution is 2.15. The summed E-state index contributed by atoms with van der Waals surface area (Å²) in [6.45, 7) is 2.13. The number of benzene rings is 1. The molecule has 1 aromatic carbocycles. The van der Waals surface area contributed by atoms with Crippen molar-refractivity contribution in [2.24, 2.45) is 11.7 Å². The Bertz CT molecular complexity index is 587. The van der Waals surface area contributed by atoms with Crippen LogP contribution >= 0.6 is 0 Å². The Kier molecular flexibility index (Phi) is 6.32. The SMILES string of the molecule is CNC(=O)C(C)CN(C)S(=O)(=O)Cc1ccccc1CN. The molecule has 0 aromatic heterocycles. The summed E-state index contributed by atoms with van der Waals surface area (Å²) in [7, 11) is -0.466. The Morgan fingerprint density at radius 2 is 1.90 bits per heavy atom. The smallest absolute Gasteiger partial charge is 0.223 e. The maximum atomic E-state index is 12.4. The van der Waals surface area contributed by atoms with Crippen LogP contribution in [0.4, 0.5) is 0 Å². The first kappa shape index (κ1) is 17.6. The lowest BCUT2D eigenvalue weighted by molar-refractivity contribution is -0.124. The number of hydrogen-bond acceptors (Lipinski definition) is 4. The monoisotopic (exact) mass is 313 g/mol. The van der Waals surface area contributed by atoms with Crippen LogP contribution in [0.25, 0.3) is 0 Å². The molecule has 0 heterocycles. The Labute approximate surface area is 126 Å². The summed E-state index contributed by atoms with van der Waals surface area (Å²) in [5.41, 5.74) is 7.13. The van der Waals surface area contributed by atoms with Crippen molar-refractivity contribution in [2.75, 3.05) is 20.6 Å². The maximum absolute atomic E-state index is 12.4. The fourth-order valence-corrected chi connectivity index (χ4v) is 3.38. The minimum atomic E-state index is -3.48. The van der Waals surface area contributed by atoms with Crippen molar-refractivity contribution in [2.45, 2.75) is 19.2 Å². The van der Waals surface area contributed by atoms with Gasteiger partial charge in [-0.2, -0.15) is 0 Å². The van der Waals surface area contributed by atoms with Crippen LogP contribution in [0.1, 0.15) is 18.1 Å². The highest BCUT2D eigenvalue weighted by atomic mass is 32.2. The van der Waals surface area contributed by atoms with E-state index < -0.39 is 15.9 Å². The molecule has 0 radical (unpaired) electrons. The van der Waals surface area contributed by atoms with E-state index in [9.17, 15) is 13.2 Å². The van der Waals surface area contributed by atoms with E-state index in [1.54, 1.807) is 19.1 Å². The summed E-state index contributed by atoms with van der Waals surface area (Å²) < 4.78 is 26.0. The summed E-state index contributed by atoms with van der Waals surface area (Å²) in [4.78, 5) is 11.5. The zero-order valence-electron chi connectivity index (χ0n) is 12.7. The van der Waals surface area contributed by atoms with Gasteiger partial charge in [0, 0.05) is 33.1 Å². The van der Waals surface area contributed by atoms with Gasteiger partial charge < -0.3 is 11.1 Å². The molecule has 1 aromatic rings. The van der Waals surface area contributed by atoms with Crippen molar-refractivity contribution in [1.82, 2.24) is 9.62 Å². The van der Waals surface area contributed by atoms with E-state index >= 15 is 0 Å². The topological polar surface area (TPSA) is 92.5 Å². The number of carbonyl (C=O) groups excluding carboxylic acids is 1. The second-order valence-corrected chi connectivity index (χ2v) is 7.10. The summed E-state index contributed by atoms with van der Waals surface area (Å²) in [6.07, 6.45) is 0. The summed E-state index contributed by atoms with van der Waals surface area (Å²) in [5.74, 6) is -0.698. The normalized spacial score (nSPS) is 13.2. The van der Waals surface area contributed by atoms with Gasteiger partial charge in [0.1, 0.15) is 0 Å². The fourth-order valence-electron chi connectivity index (χ4n) is 2.03. The van der Waals surface area contributed by atoms with Gasteiger partial charge in [0.05, 0.1) is 5.75 Å². The van der Waals surface area contributed by atoms with Crippen molar-refractivity contribution in [3.8, 4) is 0 Å². The molecule has 0 spiro atoms. The van der Waals surface area contributed by atoms with Crippen molar-refractivity contribution < 1.29 is 13.2 Å². The van der Waals surface area contributed by atoms with Gasteiger partial charge in [0.2, 0.25) is 15.9 Å². The number of nitrogens with one attached hydrogen (secondary N) is 1. The van der Waals surface area contributed by atoms with Crippen LogP contribution in [0.3, 0.4) is 0 Å². The van der Waals surface area contributed by atoms with Crippen molar-refractivity contribution in [3.63, 3.8) is 0 Å². The number of rotatable bonds is 7. The fraction of sp³-hybridized carbons (Fsp3) is 0.500. The molecule has 0 aliphatic carbocycles. The molecule has 0 bridgehead atoms. The number of hydrogen-bond donors (Lipinski definition) is 2. The van der Waals surface area contributed by atoms with Gasteiger partial charge in [-0.15, -0.1) is 0 Å². The molecule has 1 atom stereocenters. The van der Waals surface area contributed by atoms with Crippen LogP contribution in [0.15, 0.2) is 24.3 Å². The van der Waals surface area contributed by atoms with Gasteiger partial charge in [-0.1, -0.05) is 31.2 Å². The second-order valence-electron chi connectivity index (χ2n) is 5.02. The number of amides is 1. The molecule has 0 saturated heterocycles. The molecule has 1 unspecified atom stereocenters. The number of nitrogens with zero attached hydrogens (tertiary/aromatic N) is 1. The maximum Gasteiger partial charge on any atom is 0.223 e. The van der Waals surface area contributed by atoms with Gasteiger partial charge in [-0.05, 0) is 11.1 Å². The van der Waals surface area contributed by atoms with Gasteiger partial charge >= 0.3 is 0 Å². The summed E-state index contributed by atoms with van der Waals surface area (Å²) in [5, 5.41) is 2.51. The summed E-state index contributed by atoms with van der Waals surface area (Å²) >= 11 is 0. The quantitative estimate of drug-likeness (QED) is 0.757. The van der Waals surface area contributed by atoms with Crippen LogP contribution in [-0.4, -0.2) is 39.3 Å². The number of sulfonamides is 1. The van der Waals surface area contributed by atoms with E-state index in [0.29, 0.717) is 12.1 Å². The van der Waals surface area contributed by atoms with Gasteiger partial charge in [0.15, 0.2) is 0 Å². The molecule has 118 valence electrons. The molecule has 0 aliphatic rings. The molecule has 6 nitrogen and oxygen atoms in total. The lowest BCUT2D eigenvalue weighted by atomic mass is 10.1. The van der Waals surface area contributed by atoms with E-state index in [1.807, 2.05) is 12.1 Å². The first-order chi connectivity index (χ1) is 9.81. The van der Waals surface area contributed by atoms with Gasteiger partial charge in [-0.25, -0.2) is 12.7 Å². The molecular formula is C14H23N3O3S. The molecule has 0 aliphatic heterocycles. The zero-order valence-corrected chi connectivity index (χ0v) is 13.5. The first-order valence-corrected chi connectivity index (χ1v) is 8.35. The minimum absolute atomic E-state index is 0.114. The molecule has 0 fully saturated rings. The first-order valence-electron chi connectivity index (χ1n) is 6.74. The van der Waals surface area contributed by atoms with Gasteiger partial charge in [-0.3, -0.25) is 4.79 Å². The van der Waals surface area contributed by atoms with E-state index in [1.165, 1.54) is 18.4 Å². The molecule has 1 rings (SSSR count). The highest BCUT2D eigenvalue weighted by Gasteiger charge is 2.23. The van der Waals surface area contributed by atoms with E-state index in [2.05, 4.69) is 5.32 Å². The highest BCUT2D eigenvalue weighted by molar-refractivity contribution is 7.88. The standard InChI is InChI=1S/C14H23N3O3S/c1-11(14(18)16-2)9-17(3)21(19,20)10-13-7-5-4-6-12(13)8-15/h4-7,11H,8-10,15H2,1-3H3,(H,16,18). The zero-order chi connectivity index (χ0) is 16.0. The van der Waals surface area contributed by atoms with Crippen molar-refractivity contribution >= 4 is 15.9 Å². The largest absolute Gasteiger partial charge is 0.359 e. The van der Waals surface area contributed by atoms with Crippen LogP contribution < -0.4 is 11.1 Å². The molecule has 1 amide bonds. The van der Waals surface area contributed by atoms with Crippen LogP contribution in [0.2, 0.25) is 0 Å². The molecule has 21 heavy (non-hydrogen) atoms. The van der Waals surface area contributed by atoms with E-state index in [0.717, 1.165) is 5.56 Å². The Hall–Kier alpha value is -1.44. The summed E-state index contributed by atoms with van der Waals surface area (Å²) in [6, 6.07) is 7.20. The van der Waals surface area contributed by atoms with Crippen LogP contribution in [0.5, 0.6) is 0 Å². The lowest BCUT2D eigenvalue weighted by Gasteiger charge is -2.21. The number of carbonyl (C=O) groups is 1. The average Bonchev–Trinajstić information content (AvgIpc) is 2.46. The molecule has 7 heteroatoms.